The van der Waals surface area contributed by atoms with Gasteiger partial charge in [-0.15, -0.1) is 0 Å². The van der Waals surface area contributed by atoms with Gasteiger partial charge < -0.3 is 20.3 Å². The third-order valence-corrected chi connectivity index (χ3v) is 4.49. The first-order valence-electron chi connectivity index (χ1n) is 8.34. The molecule has 0 atom stereocenters. The molecular weight excluding hydrogens is 354 g/mol. The highest BCUT2D eigenvalue weighted by Crippen LogP contribution is 2.20. The van der Waals surface area contributed by atoms with Crippen molar-refractivity contribution >= 4 is 34.9 Å². The average molecular weight is 374 g/mol. The Balaban J connectivity index is 1.48. The van der Waals surface area contributed by atoms with Gasteiger partial charge in [-0.2, -0.15) is 0 Å². The SMILES string of the molecule is Nc1cccc(C(=O)OCC(=O)N2CCN(c3cccc(Cl)c3)CC2)c1. The van der Waals surface area contributed by atoms with Gasteiger partial charge in [0.25, 0.3) is 5.91 Å². The average Bonchev–Trinajstić information content (AvgIpc) is 2.66. The van der Waals surface area contributed by atoms with Crippen molar-refractivity contribution in [2.45, 2.75) is 0 Å². The van der Waals surface area contributed by atoms with Crippen LogP contribution in [0.4, 0.5) is 11.4 Å². The summed E-state index contributed by atoms with van der Waals surface area (Å²) in [5.41, 5.74) is 7.49. The van der Waals surface area contributed by atoms with Crippen LogP contribution in [-0.2, 0) is 9.53 Å². The maximum atomic E-state index is 12.3. The van der Waals surface area contributed by atoms with Crippen molar-refractivity contribution in [2.75, 3.05) is 43.4 Å². The van der Waals surface area contributed by atoms with Crippen LogP contribution in [0.1, 0.15) is 10.4 Å². The van der Waals surface area contributed by atoms with Gasteiger partial charge in [0.1, 0.15) is 0 Å². The lowest BCUT2D eigenvalue weighted by molar-refractivity contribution is -0.134. The summed E-state index contributed by atoms with van der Waals surface area (Å²) in [6, 6.07) is 14.1. The Morgan fingerprint density at radius 1 is 1.04 bits per heavy atom. The van der Waals surface area contributed by atoms with Gasteiger partial charge in [0.2, 0.25) is 0 Å². The van der Waals surface area contributed by atoms with Crippen molar-refractivity contribution < 1.29 is 14.3 Å². The van der Waals surface area contributed by atoms with E-state index < -0.39 is 5.97 Å². The molecule has 0 saturated carbocycles. The molecule has 1 fully saturated rings. The van der Waals surface area contributed by atoms with Crippen molar-refractivity contribution in [3.63, 3.8) is 0 Å². The van der Waals surface area contributed by atoms with E-state index in [-0.39, 0.29) is 12.5 Å². The smallest absolute Gasteiger partial charge is 0.338 e. The molecule has 3 rings (SSSR count). The Morgan fingerprint density at radius 3 is 2.46 bits per heavy atom. The minimum absolute atomic E-state index is 0.201. The summed E-state index contributed by atoms with van der Waals surface area (Å²) in [6.45, 7) is 2.28. The second-order valence-electron chi connectivity index (χ2n) is 6.05. The second-order valence-corrected chi connectivity index (χ2v) is 6.49. The zero-order valence-electron chi connectivity index (χ0n) is 14.2. The highest BCUT2D eigenvalue weighted by Gasteiger charge is 2.22. The predicted octanol–water partition coefficient (Wildman–Crippen LogP) is 2.43. The topological polar surface area (TPSA) is 75.9 Å². The van der Waals surface area contributed by atoms with Crippen LogP contribution in [0.5, 0.6) is 0 Å². The lowest BCUT2D eigenvalue weighted by Crippen LogP contribution is -2.49. The fourth-order valence-corrected chi connectivity index (χ4v) is 3.04. The van der Waals surface area contributed by atoms with Crippen molar-refractivity contribution in [2.24, 2.45) is 0 Å². The van der Waals surface area contributed by atoms with Crippen LogP contribution in [0.15, 0.2) is 48.5 Å². The molecule has 1 saturated heterocycles. The summed E-state index contributed by atoms with van der Waals surface area (Å²) >= 11 is 6.03. The molecule has 26 heavy (non-hydrogen) atoms. The van der Waals surface area contributed by atoms with Crippen LogP contribution in [0.25, 0.3) is 0 Å². The minimum atomic E-state index is -0.553. The van der Waals surface area contributed by atoms with Crippen LogP contribution in [0.2, 0.25) is 5.02 Å². The van der Waals surface area contributed by atoms with Gasteiger partial charge in [0, 0.05) is 42.6 Å². The highest BCUT2D eigenvalue weighted by atomic mass is 35.5. The molecule has 0 aromatic heterocycles. The van der Waals surface area contributed by atoms with Gasteiger partial charge in [0.15, 0.2) is 6.61 Å². The quantitative estimate of drug-likeness (QED) is 0.658. The number of hydrogen-bond acceptors (Lipinski definition) is 5. The van der Waals surface area contributed by atoms with E-state index >= 15 is 0 Å². The molecule has 2 aromatic rings. The number of halogens is 1. The van der Waals surface area contributed by atoms with E-state index in [1.165, 1.54) is 6.07 Å². The molecule has 0 aliphatic carbocycles. The second kappa shape index (κ2) is 8.10. The molecular formula is C19H20ClN3O3. The van der Waals surface area contributed by atoms with Gasteiger partial charge >= 0.3 is 5.97 Å². The van der Waals surface area contributed by atoms with Crippen molar-refractivity contribution in [3.05, 3.63) is 59.1 Å². The summed E-state index contributed by atoms with van der Waals surface area (Å²) < 4.78 is 5.11. The number of esters is 1. The van der Waals surface area contributed by atoms with E-state index in [1.54, 1.807) is 23.1 Å². The molecule has 0 bridgehead atoms. The molecule has 7 heteroatoms. The molecule has 0 unspecified atom stereocenters. The maximum absolute atomic E-state index is 12.3. The monoisotopic (exact) mass is 373 g/mol. The van der Waals surface area contributed by atoms with Crippen LogP contribution < -0.4 is 10.6 Å². The van der Waals surface area contributed by atoms with Gasteiger partial charge in [0.05, 0.1) is 5.56 Å². The molecule has 0 radical (unpaired) electrons. The summed E-state index contributed by atoms with van der Waals surface area (Å²) in [5.74, 6) is -0.754. The molecule has 1 amide bonds. The van der Waals surface area contributed by atoms with E-state index in [0.717, 1.165) is 5.69 Å². The number of hydrogen-bond donors (Lipinski definition) is 1. The van der Waals surface area contributed by atoms with Crippen molar-refractivity contribution in [3.8, 4) is 0 Å². The molecule has 1 heterocycles. The Morgan fingerprint density at radius 2 is 1.77 bits per heavy atom. The number of nitrogens with zero attached hydrogens (tertiary/aromatic N) is 2. The minimum Gasteiger partial charge on any atom is -0.452 e. The molecule has 6 nitrogen and oxygen atoms in total. The number of nitrogens with two attached hydrogens (primary N) is 1. The number of amides is 1. The van der Waals surface area contributed by atoms with E-state index in [2.05, 4.69) is 4.90 Å². The summed E-state index contributed by atoms with van der Waals surface area (Å²) in [4.78, 5) is 28.1. The number of anilines is 2. The van der Waals surface area contributed by atoms with E-state index in [0.29, 0.717) is 42.5 Å². The number of piperazine rings is 1. The number of ether oxygens (including phenoxy) is 1. The molecule has 136 valence electrons. The normalized spacial score (nSPS) is 14.2. The molecule has 1 aliphatic rings. The van der Waals surface area contributed by atoms with Crippen molar-refractivity contribution in [1.82, 2.24) is 4.90 Å². The number of carbonyl (C=O) groups excluding carboxylic acids is 2. The standard InChI is InChI=1S/C19H20ClN3O3/c20-15-4-2-6-17(12-15)22-7-9-23(10-8-22)18(24)13-26-19(25)14-3-1-5-16(21)11-14/h1-6,11-12H,7-10,13,21H2. The van der Waals surface area contributed by atoms with Crippen LogP contribution >= 0.6 is 11.6 Å². The first kappa shape index (κ1) is 18.1. The number of carbonyl (C=O) groups is 2. The third-order valence-electron chi connectivity index (χ3n) is 4.25. The zero-order chi connectivity index (χ0) is 18.5. The molecule has 1 aliphatic heterocycles. The fraction of sp³-hybridized carbons (Fsp3) is 0.263. The highest BCUT2D eigenvalue weighted by molar-refractivity contribution is 6.30. The first-order chi connectivity index (χ1) is 12.5. The maximum Gasteiger partial charge on any atom is 0.338 e. The van der Waals surface area contributed by atoms with Gasteiger partial charge in [-0.05, 0) is 36.4 Å². The van der Waals surface area contributed by atoms with Gasteiger partial charge in [-0.3, -0.25) is 4.79 Å². The Hall–Kier alpha value is -2.73. The van der Waals surface area contributed by atoms with Crippen molar-refractivity contribution in [1.29, 1.82) is 0 Å². The molecule has 0 spiro atoms. The fourth-order valence-electron chi connectivity index (χ4n) is 2.85. The Labute approximate surface area is 157 Å². The van der Waals surface area contributed by atoms with Crippen LogP contribution in [0.3, 0.4) is 0 Å². The summed E-state index contributed by atoms with van der Waals surface area (Å²) in [5, 5.41) is 0.689. The Bertz CT molecular complexity index is 804. The predicted molar refractivity (Wildman–Crippen MR) is 101 cm³/mol. The van der Waals surface area contributed by atoms with Crippen LogP contribution in [-0.4, -0.2) is 49.6 Å². The summed E-state index contributed by atoms with van der Waals surface area (Å²) in [6.07, 6.45) is 0. The lowest BCUT2D eigenvalue weighted by atomic mass is 10.2. The Kier molecular flexibility index (Phi) is 5.63. The van der Waals surface area contributed by atoms with E-state index in [1.807, 2.05) is 24.3 Å². The van der Waals surface area contributed by atoms with E-state index in [9.17, 15) is 9.59 Å². The number of nitrogen functional groups attached to an aromatic ring is 1. The zero-order valence-corrected chi connectivity index (χ0v) is 15.0. The largest absolute Gasteiger partial charge is 0.452 e. The molecule has 2 aromatic carbocycles. The first-order valence-corrected chi connectivity index (χ1v) is 8.72. The van der Waals surface area contributed by atoms with Crippen LogP contribution in [0, 0.1) is 0 Å². The number of rotatable bonds is 4. The third kappa shape index (κ3) is 4.46. The van der Waals surface area contributed by atoms with E-state index in [4.69, 9.17) is 22.1 Å². The summed E-state index contributed by atoms with van der Waals surface area (Å²) in [7, 11) is 0. The molecule has 2 N–H and O–H groups in total. The van der Waals surface area contributed by atoms with Gasteiger partial charge in [-0.1, -0.05) is 23.7 Å². The number of benzene rings is 2. The van der Waals surface area contributed by atoms with Gasteiger partial charge in [-0.25, -0.2) is 4.79 Å². The lowest BCUT2D eigenvalue weighted by Gasteiger charge is -2.36.